The summed E-state index contributed by atoms with van der Waals surface area (Å²) >= 11 is 0. The molecule has 3 aromatic rings. The van der Waals surface area contributed by atoms with Crippen molar-refractivity contribution in [2.24, 2.45) is 13.0 Å². The van der Waals surface area contributed by atoms with E-state index in [1.807, 2.05) is 20.8 Å². The molecule has 0 aliphatic carbocycles. The Hall–Kier alpha value is -2.46. The maximum absolute atomic E-state index is 12.8. The Morgan fingerprint density at radius 2 is 1.92 bits per heavy atom. The maximum atomic E-state index is 12.8. The zero-order chi connectivity index (χ0) is 19.2. The van der Waals surface area contributed by atoms with Crippen LogP contribution in [0.25, 0.3) is 5.65 Å². The fraction of sp³-hybridized carbons (Fsp3) is 0.438. The van der Waals surface area contributed by atoms with Crippen molar-refractivity contribution in [3.8, 4) is 0 Å². The van der Waals surface area contributed by atoms with Gasteiger partial charge in [0.15, 0.2) is 5.65 Å². The Morgan fingerprint density at radius 1 is 1.23 bits per heavy atom. The molecule has 1 atom stereocenters. The van der Waals surface area contributed by atoms with Crippen LogP contribution in [0, 0.1) is 19.8 Å². The zero-order valence-electron chi connectivity index (χ0n) is 15.3. The SMILES string of the molecule is Cc1cc2nc(C(NS(=O)(=O)c3cnn(C)c3C)C(C)C)cc(=O)n2[nH]1. The third-order valence-corrected chi connectivity index (χ3v) is 5.89. The normalized spacial score (nSPS) is 13.6. The topological polar surface area (TPSA) is 114 Å². The summed E-state index contributed by atoms with van der Waals surface area (Å²) in [6.07, 6.45) is 1.32. The third-order valence-electron chi connectivity index (χ3n) is 4.35. The van der Waals surface area contributed by atoms with E-state index in [9.17, 15) is 13.2 Å². The molecule has 0 bridgehead atoms. The van der Waals surface area contributed by atoms with E-state index in [1.165, 1.54) is 21.5 Å². The number of sulfonamides is 1. The van der Waals surface area contributed by atoms with Crippen LogP contribution in [0.3, 0.4) is 0 Å². The molecule has 26 heavy (non-hydrogen) atoms. The molecule has 10 heteroatoms. The summed E-state index contributed by atoms with van der Waals surface area (Å²) in [5.41, 5.74) is 1.87. The van der Waals surface area contributed by atoms with Gasteiger partial charge in [0.1, 0.15) is 4.90 Å². The van der Waals surface area contributed by atoms with Crippen molar-refractivity contribution in [3.05, 3.63) is 45.8 Å². The molecule has 0 radical (unpaired) electrons. The Balaban J connectivity index is 2.05. The molecule has 3 rings (SSSR count). The van der Waals surface area contributed by atoms with Gasteiger partial charge in [0.25, 0.3) is 5.56 Å². The lowest BCUT2D eigenvalue weighted by atomic mass is 10.0. The number of nitrogens with zero attached hydrogens (tertiary/aromatic N) is 4. The highest BCUT2D eigenvalue weighted by Crippen LogP contribution is 2.23. The summed E-state index contributed by atoms with van der Waals surface area (Å²) in [5, 5.41) is 6.89. The van der Waals surface area contributed by atoms with Gasteiger partial charge in [-0.25, -0.2) is 22.6 Å². The molecule has 0 amide bonds. The largest absolute Gasteiger partial charge is 0.294 e. The molecule has 0 saturated heterocycles. The van der Waals surface area contributed by atoms with Crippen LogP contribution in [-0.4, -0.2) is 32.8 Å². The highest BCUT2D eigenvalue weighted by atomic mass is 32.2. The molecule has 1 unspecified atom stereocenters. The Bertz CT molecular complexity index is 1120. The summed E-state index contributed by atoms with van der Waals surface area (Å²) in [7, 11) is -2.13. The fourth-order valence-electron chi connectivity index (χ4n) is 2.80. The van der Waals surface area contributed by atoms with Gasteiger partial charge in [-0.15, -0.1) is 0 Å². The smallest absolute Gasteiger partial charge is 0.272 e. The Kier molecular flexibility index (Phi) is 4.49. The molecule has 0 aliphatic heterocycles. The lowest BCUT2D eigenvalue weighted by Crippen LogP contribution is -2.33. The molecular formula is C16H22N6O3S. The van der Waals surface area contributed by atoms with Crippen LogP contribution in [0.5, 0.6) is 0 Å². The van der Waals surface area contributed by atoms with Crippen molar-refractivity contribution >= 4 is 15.7 Å². The van der Waals surface area contributed by atoms with Crippen molar-refractivity contribution in [1.82, 2.24) is 29.1 Å². The van der Waals surface area contributed by atoms with Crippen molar-refractivity contribution in [2.45, 2.75) is 38.6 Å². The second-order valence-corrected chi connectivity index (χ2v) is 8.40. The predicted octanol–water partition coefficient (Wildman–Crippen LogP) is 1.05. The first-order chi connectivity index (χ1) is 12.1. The molecule has 0 fully saturated rings. The van der Waals surface area contributed by atoms with Crippen LogP contribution in [0.4, 0.5) is 0 Å². The van der Waals surface area contributed by atoms with Crippen molar-refractivity contribution in [1.29, 1.82) is 0 Å². The van der Waals surface area contributed by atoms with Crippen molar-refractivity contribution < 1.29 is 8.42 Å². The summed E-state index contributed by atoms with van der Waals surface area (Å²) in [4.78, 5) is 16.9. The van der Waals surface area contributed by atoms with E-state index in [4.69, 9.17) is 0 Å². The number of rotatable bonds is 5. The minimum Gasteiger partial charge on any atom is -0.294 e. The molecule has 0 aliphatic rings. The van der Waals surface area contributed by atoms with E-state index < -0.39 is 16.1 Å². The van der Waals surface area contributed by atoms with Gasteiger partial charge in [-0.2, -0.15) is 5.10 Å². The number of hydrogen-bond donors (Lipinski definition) is 2. The molecule has 2 N–H and O–H groups in total. The van der Waals surface area contributed by atoms with E-state index in [0.717, 1.165) is 5.69 Å². The lowest BCUT2D eigenvalue weighted by Gasteiger charge is -2.21. The van der Waals surface area contributed by atoms with Gasteiger partial charge in [0.05, 0.1) is 23.6 Å². The summed E-state index contributed by atoms with van der Waals surface area (Å²) in [5.74, 6) is -0.115. The van der Waals surface area contributed by atoms with E-state index in [1.54, 1.807) is 20.0 Å². The maximum Gasteiger partial charge on any atom is 0.272 e. The Morgan fingerprint density at radius 3 is 2.50 bits per heavy atom. The van der Waals surface area contributed by atoms with Gasteiger partial charge in [0, 0.05) is 24.9 Å². The van der Waals surface area contributed by atoms with Crippen molar-refractivity contribution in [3.63, 3.8) is 0 Å². The predicted molar refractivity (Wildman–Crippen MR) is 96.4 cm³/mol. The van der Waals surface area contributed by atoms with Crippen LogP contribution in [0.2, 0.25) is 0 Å². The van der Waals surface area contributed by atoms with Gasteiger partial charge >= 0.3 is 0 Å². The molecule has 0 saturated carbocycles. The molecular weight excluding hydrogens is 356 g/mol. The van der Waals surface area contributed by atoms with E-state index in [0.29, 0.717) is 17.0 Å². The van der Waals surface area contributed by atoms with E-state index in [-0.39, 0.29) is 16.4 Å². The molecule has 140 valence electrons. The molecule has 0 aromatic carbocycles. The average Bonchev–Trinajstić information content (AvgIpc) is 3.08. The summed E-state index contributed by atoms with van der Waals surface area (Å²) in [6, 6.07) is 2.45. The van der Waals surface area contributed by atoms with Crippen molar-refractivity contribution in [2.75, 3.05) is 0 Å². The first-order valence-electron chi connectivity index (χ1n) is 8.20. The van der Waals surface area contributed by atoms with Crippen LogP contribution < -0.4 is 10.3 Å². The standard InChI is InChI=1S/C16H22N6O3S/c1-9(2)16(20-26(24,25)13-8-17-21(5)11(13)4)12-7-15(23)22-14(18-12)6-10(3)19-22/h6-9,16,19-20H,1-5H3. The molecule has 3 aromatic heterocycles. The molecule has 3 heterocycles. The number of nitrogens with one attached hydrogen (secondary N) is 2. The highest BCUT2D eigenvalue weighted by molar-refractivity contribution is 7.89. The number of fused-ring (bicyclic) bond motifs is 1. The number of aromatic nitrogens is 5. The summed E-state index contributed by atoms with van der Waals surface area (Å²) < 4.78 is 31.2. The van der Waals surface area contributed by atoms with E-state index in [2.05, 4.69) is 19.9 Å². The number of aromatic amines is 1. The van der Waals surface area contributed by atoms with Crippen LogP contribution in [0.1, 0.15) is 37.0 Å². The van der Waals surface area contributed by atoms with Gasteiger partial charge in [-0.05, 0) is 19.8 Å². The monoisotopic (exact) mass is 378 g/mol. The average molecular weight is 378 g/mol. The van der Waals surface area contributed by atoms with Gasteiger partial charge in [-0.1, -0.05) is 13.8 Å². The Labute approximate surface area is 151 Å². The lowest BCUT2D eigenvalue weighted by molar-refractivity contribution is 0.453. The molecule has 9 nitrogen and oxygen atoms in total. The minimum atomic E-state index is -3.81. The molecule has 0 spiro atoms. The first-order valence-corrected chi connectivity index (χ1v) is 9.68. The first kappa shape index (κ1) is 18.3. The number of hydrogen-bond acceptors (Lipinski definition) is 5. The minimum absolute atomic E-state index is 0.112. The zero-order valence-corrected chi connectivity index (χ0v) is 16.1. The van der Waals surface area contributed by atoms with Crippen LogP contribution in [0.15, 0.2) is 28.0 Å². The quantitative estimate of drug-likeness (QED) is 0.689. The fourth-order valence-corrected chi connectivity index (χ4v) is 4.36. The second-order valence-electron chi connectivity index (χ2n) is 6.71. The summed E-state index contributed by atoms with van der Waals surface area (Å²) in [6.45, 7) is 7.25. The van der Waals surface area contributed by atoms with Gasteiger partial charge in [-0.3, -0.25) is 14.6 Å². The van der Waals surface area contributed by atoms with Gasteiger partial charge < -0.3 is 0 Å². The highest BCUT2D eigenvalue weighted by Gasteiger charge is 2.28. The second kappa shape index (κ2) is 6.36. The number of aryl methyl sites for hydroxylation is 2. The van der Waals surface area contributed by atoms with Crippen LogP contribution in [-0.2, 0) is 17.1 Å². The number of H-pyrrole nitrogens is 1. The van der Waals surface area contributed by atoms with E-state index >= 15 is 0 Å². The third kappa shape index (κ3) is 3.17. The van der Waals surface area contributed by atoms with Crippen LogP contribution >= 0.6 is 0 Å². The van der Waals surface area contributed by atoms with Gasteiger partial charge in [0.2, 0.25) is 10.0 Å².